The van der Waals surface area contributed by atoms with Gasteiger partial charge in [-0.15, -0.1) is 17.5 Å². The highest BCUT2D eigenvalue weighted by atomic mass is 35.5. The lowest BCUT2D eigenvalue weighted by atomic mass is 10.3. The molecule has 0 unspecified atom stereocenters. The number of nitrogens with zero attached hydrogens (tertiary/aromatic N) is 1. The topological polar surface area (TPSA) is 12.9 Å². The van der Waals surface area contributed by atoms with Gasteiger partial charge in [0.15, 0.2) is 0 Å². The molecule has 2 heteroatoms. The van der Waals surface area contributed by atoms with Crippen LogP contribution < -0.4 is 0 Å². The van der Waals surface area contributed by atoms with Crippen LogP contribution in [0, 0.1) is 11.8 Å². The Bertz CT molecular complexity index is 271. The van der Waals surface area contributed by atoms with Crippen molar-refractivity contribution in [2.75, 3.05) is 5.88 Å². The first-order chi connectivity index (χ1) is 5.93. The van der Waals surface area contributed by atoms with Crippen molar-refractivity contribution in [3.05, 3.63) is 30.1 Å². The Labute approximate surface area is 77.8 Å². The Morgan fingerprint density at radius 1 is 1.33 bits per heavy atom. The molecule has 0 aliphatic rings. The van der Waals surface area contributed by atoms with Crippen molar-refractivity contribution in [3.8, 4) is 11.8 Å². The van der Waals surface area contributed by atoms with E-state index in [-0.39, 0.29) is 0 Å². The molecule has 0 radical (unpaired) electrons. The van der Waals surface area contributed by atoms with E-state index in [0.717, 1.165) is 18.5 Å². The van der Waals surface area contributed by atoms with E-state index in [9.17, 15) is 0 Å². The average molecular weight is 180 g/mol. The number of aromatic nitrogens is 1. The van der Waals surface area contributed by atoms with Gasteiger partial charge in [-0.1, -0.05) is 12.0 Å². The molecular weight excluding hydrogens is 170 g/mol. The van der Waals surface area contributed by atoms with Gasteiger partial charge in [0.25, 0.3) is 0 Å². The van der Waals surface area contributed by atoms with Crippen molar-refractivity contribution < 1.29 is 0 Å². The van der Waals surface area contributed by atoms with Gasteiger partial charge in [-0.3, -0.25) is 4.98 Å². The molecule has 0 saturated heterocycles. The third-order valence-corrected chi connectivity index (χ3v) is 1.53. The quantitative estimate of drug-likeness (QED) is 0.502. The summed E-state index contributed by atoms with van der Waals surface area (Å²) in [6, 6.07) is 5.83. The third-order valence-electron chi connectivity index (χ3n) is 1.34. The minimum atomic E-state index is 0.606. The number of rotatable bonds is 2. The van der Waals surface area contributed by atoms with Crippen LogP contribution in [0.5, 0.6) is 0 Å². The lowest BCUT2D eigenvalue weighted by Crippen LogP contribution is -1.84. The van der Waals surface area contributed by atoms with Crippen LogP contribution in [0.4, 0.5) is 0 Å². The first-order valence-corrected chi connectivity index (χ1v) is 4.38. The molecule has 0 N–H and O–H groups in total. The van der Waals surface area contributed by atoms with E-state index in [1.165, 1.54) is 0 Å². The molecule has 0 saturated carbocycles. The Morgan fingerprint density at radius 3 is 2.92 bits per heavy atom. The van der Waals surface area contributed by atoms with E-state index < -0.39 is 0 Å². The molecule has 1 aromatic heterocycles. The summed E-state index contributed by atoms with van der Waals surface area (Å²) in [5.74, 6) is 6.57. The van der Waals surface area contributed by atoms with Crippen LogP contribution in [0.3, 0.4) is 0 Å². The van der Waals surface area contributed by atoms with Crippen LogP contribution >= 0.6 is 11.6 Å². The van der Waals surface area contributed by atoms with Crippen LogP contribution in [-0.2, 0) is 6.42 Å². The van der Waals surface area contributed by atoms with Gasteiger partial charge in [0.1, 0.15) is 0 Å². The molecule has 0 bridgehead atoms. The molecule has 0 aliphatic carbocycles. The lowest BCUT2D eigenvalue weighted by molar-refractivity contribution is 1.13. The standard InChI is InChI=1S/C10H10ClN/c11-8-4-1-2-6-10-7-3-5-9-12-10/h3,5,7,9H,4,6,8H2. The second kappa shape index (κ2) is 5.62. The maximum absolute atomic E-state index is 5.47. The fourth-order valence-electron chi connectivity index (χ4n) is 0.791. The van der Waals surface area contributed by atoms with Gasteiger partial charge < -0.3 is 0 Å². The van der Waals surface area contributed by atoms with Crippen molar-refractivity contribution >= 4 is 11.6 Å². The fraction of sp³-hybridized carbons (Fsp3) is 0.300. The smallest absolute Gasteiger partial charge is 0.0522 e. The summed E-state index contributed by atoms with van der Waals surface area (Å²) in [5, 5.41) is 0. The Balaban J connectivity index is 2.40. The highest BCUT2D eigenvalue weighted by molar-refractivity contribution is 6.18. The zero-order chi connectivity index (χ0) is 8.65. The van der Waals surface area contributed by atoms with E-state index in [1.54, 1.807) is 6.20 Å². The SMILES string of the molecule is ClCCC#CCc1ccccn1. The van der Waals surface area contributed by atoms with Gasteiger partial charge >= 0.3 is 0 Å². The van der Waals surface area contributed by atoms with Crippen LogP contribution in [-0.4, -0.2) is 10.9 Å². The van der Waals surface area contributed by atoms with Gasteiger partial charge in [-0.05, 0) is 12.1 Å². The summed E-state index contributed by atoms with van der Waals surface area (Å²) in [5.41, 5.74) is 1.01. The Morgan fingerprint density at radius 2 is 2.25 bits per heavy atom. The molecule has 0 amide bonds. The molecule has 0 fully saturated rings. The minimum Gasteiger partial charge on any atom is -0.260 e. The van der Waals surface area contributed by atoms with Crippen LogP contribution in [0.1, 0.15) is 12.1 Å². The van der Waals surface area contributed by atoms with Crippen molar-refractivity contribution in [3.63, 3.8) is 0 Å². The van der Waals surface area contributed by atoms with Gasteiger partial charge in [0.2, 0.25) is 0 Å². The molecule has 0 atom stereocenters. The van der Waals surface area contributed by atoms with Crippen molar-refractivity contribution in [1.82, 2.24) is 4.98 Å². The van der Waals surface area contributed by atoms with Gasteiger partial charge in [0.05, 0.1) is 12.1 Å². The first kappa shape index (κ1) is 9.09. The van der Waals surface area contributed by atoms with E-state index in [1.807, 2.05) is 18.2 Å². The summed E-state index contributed by atoms with van der Waals surface area (Å²) in [6.07, 6.45) is 3.25. The predicted octanol–water partition coefficient (Wildman–Crippen LogP) is 2.26. The Kier molecular flexibility index (Phi) is 4.26. The summed E-state index contributed by atoms with van der Waals surface area (Å²) < 4.78 is 0. The number of halogens is 1. The van der Waals surface area contributed by atoms with Gasteiger partial charge in [-0.2, -0.15) is 0 Å². The monoisotopic (exact) mass is 179 g/mol. The molecular formula is C10H10ClN. The number of hydrogen-bond acceptors (Lipinski definition) is 1. The molecule has 1 nitrogen and oxygen atoms in total. The average Bonchev–Trinajstić information content (AvgIpc) is 2.14. The molecule has 0 spiro atoms. The second-order valence-corrected chi connectivity index (χ2v) is 2.67. The van der Waals surface area contributed by atoms with Crippen molar-refractivity contribution in [2.45, 2.75) is 12.8 Å². The fourth-order valence-corrected chi connectivity index (χ4v) is 0.886. The van der Waals surface area contributed by atoms with E-state index in [4.69, 9.17) is 11.6 Å². The number of hydrogen-bond donors (Lipinski definition) is 0. The second-order valence-electron chi connectivity index (χ2n) is 2.29. The van der Waals surface area contributed by atoms with Gasteiger partial charge in [-0.25, -0.2) is 0 Å². The normalized spacial score (nSPS) is 8.75. The Hall–Kier alpha value is -1.00. The van der Waals surface area contributed by atoms with E-state index in [2.05, 4.69) is 16.8 Å². The number of alkyl halides is 1. The maximum Gasteiger partial charge on any atom is 0.0522 e. The lowest BCUT2D eigenvalue weighted by Gasteiger charge is -1.89. The van der Waals surface area contributed by atoms with Crippen molar-refractivity contribution in [2.24, 2.45) is 0 Å². The highest BCUT2D eigenvalue weighted by Crippen LogP contribution is 1.92. The number of pyridine rings is 1. The molecule has 0 aliphatic heterocycles. The molecule has 62 valence electrons. The largest absolute Gasteiger partial charge is 0.260 e. The first-order valence-electron chi connectivity index (χ1n) is 3.85. The van der Waals surface area contributed by atoms with E-state index >= 15 is 0 Å². The highest BCUT2D eigenvalue weighted by Gasteiger charge is 1.85. The molecule has 1 aromatic rings. The van der Waals surface area contributed by atoms with Gasteiger partial charge in [0, 0.05) is 18.5 Å². The van der Waals surface area contributed by atoms with Crippen LogP contribution in [0.15, 0.2) is 24.4 Å². The van der Waals surface area contributed by atoms with E-state index in [0.29, 0.717) is 5.88 Å². The molecule has 0 aromatic carbocycles. The molecule has 1 heterocycles. The summed E-state index contributed by atoms with van der Waals surface area (Å²) in [7, 11) is 0. The van der Waals surface area contributed by atoms with Crippen molar-refractivity contribution in [1.29, 1.82) is 0 Å². The zero-order valence-corrected chi connectivity index (χ0v) is 7.51. The summed E-state index contributed by atoms with van der Waals surface area (Å²) in [4.78, 5) is 4.14. The summed E-state index contributed by atoms with van der Waals surface area (Å²) in [6.45, 7) is 0. The molecule has 12 heavy (non-hydrogen) atoms. The molecule has 1 rings (SSSR count). The predicted molar refractivity (Wildman–Crippen MR) is 51.1 cm³/mol. The third kappa shape index (κ3) is 3.41. The zero-order valence-electron chi connectivity index (χ0n) is 6.76. The maximum atomic E-state index is 5.47. The summed E-state index contributed by atoms with van der Waals surface area (Å²) >= 11 is 5.47. The van der Waals surface area contributed by atoms with Crippen LogP contribution in [0.25, 0.3) is 0 Å². The minimum absolute atomic E-state index is 0.606. The van der Waals surface area contributed by atoms with Crippen LogP contribution in [0.2, 0.25) is 0 Å².